The molecule has 1 heterocycles. The maximum atomic E-state index is 12.1. The van der Waals surface area contributed by atoms with Crippen molar-refractivity contribution in [2.45, 2.75) is 12.8 Å². The SMILES string of the molecule is N#CCc1cc(C(F)F)[nH]c(=O)c1. The van der Waals surface area contributed by atoms with E-state index in [0.29, 0.717) is 5.56 Å². The van der Waals surface area contributed by atoms with E-state index in [1.807, 2.05) is 4.98 Å². The number of nitrogens with one attached hydrogen (secondary N) is 1. The van der Waals surface area contributed by atoms with Gasteiger partial charge in [0.1, 0.15) is 0 Å². The average molecular weight is 184 g/mol. The van der Waals surface area contributed by atoms with Gasteiger partial charge in [-0.25, -0.2) is 8.78 Å². The van der Waals surface area contributed by atoms with E-state index < -0.39 is 17.7 Å². The Labute approximate surface area is 72.6 Å². The second-order valence-corrected chi connectivity index (χ2v) is 2.44. The van der Waals surface area contributed by atoms with Gasteiger partial charge in [-0.2, -0.15) is 5.26 Å². The number of aromatic amines is 1. The molecular formula is C8H6F2N2O. The molecule has 1 aromatic heterocycles. The van der Waals surface area contributed by atoms with Gasteiger partial charge in [-0.3, -0.25) is 4.79 Å². The topological polar surface area (TPSA) is 56.6 Å². The Morgan fingerprint density at radius 1 is 1.54 bits per heavy atom. The third-order valence-electron chi connectivity index (χ3n) is 1.44. The summed E-state index contributed by atoms with van der Waals surface area (Å²) in [5.74, 6) is 0. The summed E-state index contributed by atoms with van der Waals surface area (Å²) in [4.78, 5) is 12.8. The number of H-pyrrole nitrogens is 1. The van der Waals surface area contributed by atoms with E-state index >= 15 is 0 Å². The molecule has 0 saturated heterocycles. The Morgan fingerprint density at radius 3 is 2.77 bits per heavy atom. The van der Waals surface area contributed by atoms with E-state index in [1.54, 1.807) is 6.07 Å². The van der Waals surface area contributed by atoms with Crippen LogP contribution in [0.25, 0.3) is 0 Å². The fourth-order valence-electron chi connectivity index (χ4n) is 0.935. The number of hydrogen-bond donors (Lipinski definition) is 1. The summed E-state index contributed by atoms with van der Waals surface area (Å²) in [6.07, 6.45) is -2.75. The molecular weight excluding hydrogens is 178 g/mol. The normalized spacial score (nSPS) is 10.0. The van der Waals surface area contributed by atoms with Crippen molar-refractivity contribution in [2.75, 3.05) is 0 Å². The van der Waals surface area contributed by atoms with Gasteiger partial charge in [0.25, 0.3) is 6.43 Å². The van der Waals surface area contributed by atoms with E-state index in [1.165, 1.54) is 0 Å². The molecule has 0 aliphatic carbocycles. The Hall–Kier alpha value is -1.70. The van der Waals surface area contributed by atoms with E-state index in [0.717, 1.165) is 12.1 Å². The highest BCUT2D eigenvalue weighted by molar-refractivity contribution is 5.20. The molecule has 0 aliphatic heterocycles. The number of pyridine rings is 1. The summed E-state index contributed by atoms with van der Waals surface area (Å²) in [7, 11) is 0. The minimum atomic E-state index is -2.72. The highest BCUT2D eigenvalue weighted by Gasteiger charge is 2.08. The first-order chi connectivity index (χ1) is 6.13. The predicted octanol–water partition coefficient (Wildman–Crippen LogP) is 1.38. The summed E-state index contributed by atoms with van der Waals surface area (Å²) in [5, 5.41) is 8.29. The highest BCUT2D eigenvalue weighted by atomic mass is 19.3. The lowest BCUT2D eigenvalue weighted by Gasteiger charge is -2.00. The molecule has 0 aliphatic rings. The third kappa shape index (κ3) is 2.37. The second kappa shape index (κ2) is 3.81. The third-order valence-corrected chi connectivity index (χ3v) is 1.44. The Morgan fingerprint density at radius 2 is 2.23 bits per heavy atom. The summed E-state index contributed by atoms with van der Waals surface area (Å²) in [6, 6.07) is 4.03. The molecule has 0 aromatic carbocycles. The minimum absolute atomic E-state index is 0.0381. The first-order valence-electron chi connectivity index (χ1n) is 3.51. The zero-order valence-corrected chi connectivity index (χ0v) is 6.55. The number of rotatable bonds is 2. The maximum absolute atomic E-state index is 12.1. The molecule has 1 aromatic rings. The summed E-state index contributed by atoms with van der Waals surface area (Å²) in [6.45, 7) is 0. The molecule has 0 fully saturated rings. The van der Waals surface area contributed by atoms with Crippen LogP contribution >= 0.6 is 0 Å². The fraction of sp³-hybridized carbons (Fsp3) is 0.250. The van der Waals surface area contributed by atoms with Crippen LogP contribution in [0.3, 0.4) is 0 Å². The quantitative estimate of drug-likeness (QED) is 0.754. The van der Waals surface area contributed by atoms with Gasteiger partial charge in [0.15, 0.2) is 0 Å². The van der Waals surface area contributed by atoms with Crippen LogP contribution in [-0.2, 0) is 6.42 Å². The van der Waals surface area contributed by atoms with Gasteiger partial charge in [-0.15, -0.1) is 0 Å². The largest absolute Gasteiger partial charge is 0.321 e. The molecule has 1 rings (SSSR count). The Kier molecular flexibility index (Phi) is 2.75. The van der Waals surface area contributed by atoms with Crippen molar-refractivity contribution >= 4 is 0 Å². The van der Waals surface area contributed by atoms with Crippen molar-refractivity contribution in [1.29, 1.82) is 5.26 Å². The van der Waals surface area contributed by atoms with Crippen LogP contribution in [0.1, 0.15) is 17.7 Å². The Balaban J connectivity index is 3.13. The fourth-order valence-corrected chi connectivity index (χ4v) is 0.935. The summed E-state index contributed by atoms with van der Waals surface area (Å²) < 4.78 is 24.2. The van der Waals surface area contributed by atoms with Crippen LogP contribution in [0.5, 0.6) is 0 Å². The molecule has 13 heavy (non-hydrogen) atoms. The molecule has 0 radical (unpaired) electrons. The molecule has 0 unspecified atom stereocenters. The van der Waals surface area contributed by atoms with Crippen molar-refractivity contribution in [3.8, 4) is 6.07 Å². The average Bonchev–Trinajstić information content (AvgIpc) is 2.03. The van der Waals surface area contributed by atoms with E-state index in [4.69, 9.17) is 5.26 Å². The lowest BCUT2D eigenvalue weighted by atomic mass is 10.2. The molecule has 0 amide bonds. The van der Waals surface area contributed by atoms with E-state index in [9.17, 15) is 13.6 Å². The van der Waals surface area contributed by atoms with Crippen LogP contribution in [0.2, 0.25) is 0 Å². The van der Waals surface area contributed by atoms with Crippen LogP contribution in [0.4, 0.5) is 8.78 Å². The molecule has 0 atom stereocenters. The van der Waals surface area contributed by atoms with Gasteiger partial charge in [-0.05, 0) is 11.6 Å². The number of hydrogen-bond acceptors (Lipinski definition) is 2. The summed E-state index contributed by atoms with van der Waals surface area (Å²) in [5.41, 5.74) is -0.748. The summed E-state index contributed by atoms with van der Waals surface area (Å²) >= 11 is 0. The maximum Gasteiger partial charge on any atom is 0.278 e. The molecule has 0 spiro atoms. The molecule has 1 N–H and O–H groups in total. The standard InChI is InChI=1S/C8H6F2N2O/c9-8(10)6-3-5(1-2-11)4-7(13)12-6/h3-4,8H,1H2,(H,12,13). The molecule has 0 saturated carbocycles. The Bertz CT molecular complexity index is 392. The zero-order chi connectivity index (χ0) is 9.84. The number of alkyl halides is 2. The lowest BCUT2D eigenvalue weighted by molar-refractivity contribution is 0.145. The molecule has 68 valence electrons. The lowest BCUT2D eigenvalue weighted by Crippen LogP contribution is -2.09. The number of nitriles is 1. The minimum Gasteiger partial charge on any atom is -0.321 e. The molecule has 3 nitrogen and oxygen atoms in total. The van der Waals surface area contributed by atoms with Crippen molar-refractivity contribution < 1.29 is 8.78 Å². The first kappa shape index (κ1) is 9.39. The second-order valence-electron chi connectivity index (χ2n) is 2.44. The molecule has 5 heteroatoms. The first-order valence-corrected chi connectivity index (χ1v) is 3.51. The van der Waals surface area contributed by atoms with Gasteiger partial charge in [0, 0.05) is 6.07 Å². The van der Waals surface area contributed by atoms with Gasteiger partial charge in [0.2, 0.25) is 5.56 Å². The smallest absolute Gasteiger partial charge is 0.278 e. The van der Waals surface area contributed by atoms with Crippen LogP contribution in [0.15, 0.2) is 16.9 Å². The van der Waals surface area contributed by atoms with Crippen molar-refractivity contribution in [1.82, 2.24) is 4.98 Å². The van der Waals surface area contributed by atoms with Crippen molar-refractivity contribution in [2.24, 2.45) is 0 Å². The van der Waals surface area contributed by atoms with Crippen molar-refractivity contribution in [3.63, 3.8) is 0 Å². The van der Waals surface area contributed by atoms with Gasteiger partial charge >= 0.3 is 0 Å². The van der Waals surface area contributed by atoms with Gasteiger partial charge < -0.3 is 4.98 Å². The van der Waals surface area contributed by atoms with Crippen LogP contribution in [0, 0.1) is 11.3 Å². The number of halogens is 2. The zero-order valence-electron chi connectivity index (χ0n) is 6.55. The number of nitrogens with zero attached hydrogens (tertiary/aromatic N) is 1. The van der Waals surface area contributed by atoms with Gasteiger partial charge in [0.05, 0.1) is 18.2 Å². The molecule has 0 bridgehead atoms. The van der Waals surface area contributed by atoms with Crippen LogP contribution in [-0.4, -0.2) is 4.98 Å². The number of aromatic nitrogens is 1. The monoisotopic (exact) mass is 184 g/mol. The highest BCUT2D eigenvalue weighted by Crippen LogP contribution is 2.15. The van der Waals surface area contributed by atoms with Gasteiger partial charge in [-0.1, -0.05) is 0 Å². The van der Waals surface area contributed by atoms with Crippen molar-refractivity contribution in [3.05, 3.63) is 33.7 Å². The predicted molar refractivity (Wildman–Crippen MR) is 41.3 cm³/mol. The van der Waals surface area contributed by atoms with E-state index in [-0.39, 0.29) is 6.42 Å². The van der Waals surface area contributed by atoms with Crippen LogP contribution < -0.4 is 5.56 Å². The van der Waals surface area contributed by atoms with E-state index in [2.05, 4.69) is 0 Å².